The van der Waals surface area contributed by atoms with E-state index in [4.69, 9.17) is 11.6 Å². The molecule has 2 heterocycles. The zero-order valence-electron chi connectivity index (χ0n) is 11.0. The zero-order chi connectivity index (χ0) is 13.9. The Labute approximate surface area is 122 Å². The van der Waals surface area contributed by atoms with Crippen LogP contribution in [0, 0.1) is 6.92 Å². The van der Waals surface area contributed by atoms with Crippen molar-refractivity contribution in [2.45, 2.75) is 36.1 Å². The second-order valence-corrected chi connectivity index (χ2v) is 6.50. The fourth-order valence-electron chi connectivity index (χ4n) is 1.47. The lowest BCUT2D eigenvalue weighted by molar-refractivity contribution is 0.636. The molecule has 0 spiro atoms. The van der Waals surface area contributed by atoms with E-state index in [1.54, 1.807) is 30.9 Å². The first-order valence-electron chi connectivity index (χ1n) is 5.92. The monoisotopic (exact) mass is 294 g/mol. The molecular formula is C13H15ClN4S. The van der Waals surface area contributed by atoms with E-state index in [1.807, 2.05) is 20.8 Å². The average molecular weight is 295 g/mol. The van der Waals surface area contributed by atoms with E-state index in [-0.39, 0.29) is 5.25 Å². The van der Waals surface area contributed by atoms with Gasteiger partial charge in [-0.15, -0.1) is 11.6 Å². The lowest BCUT2D eigenvalue weighted by Gasteiger charge is -2.27. The van der Waals surface area contributed by atoms with Gasteiger partial charge >= 0.3 is 0 Å². The molecule has 0 bridgehead atoms. The fraction of sp³-hybridized carbons (Fsp3) is 0.385. The smallest absolute Gasteiger partial charge is 0.187 e. The molecule has 0 fully saturated rings. The summed E-state index contributed by atoms with van der Waals surface area (Å²) in [6.07, 6.45) is 6.90. The van der Waals surface area contributed by atoms with Crippen molar-refractivity contribution in [1.29, 1.82) is 0 Å². The van der Waals surface area contributed by atoms with Gasteiger partial charge in [0.05, 0.1) is 22.5 Å². The molecule has 0 aliphatic rings. The van der Waals surface area contributed by atoms with Crippen molar-refractivity contribution in [2.24, 2.45) is 0 Å². The highest BCUT2D eigenvalue weighted by atomic mass is 35.5. The van der Waals surface area contributed by atoms with E-state index >= 15 is 0 Å². The first-order valence-corrected chi connectivity index (χ1v) is 7.17. The maximum absolute atomic E-state index is 6.64. The fourth-order valence-corrected chi connectivity index (χ4v) is 2.60. The lowest BCUT2D eigenvalue weighted by atomic mass is 10.0. The van der Waals surface area contributed by atoms with E-state index in [2.05, 4.69) is 19.9 Å². The van der Waals surface area contributed by atoms with Gasteiger partial charge in [0.25, 0.3) is 0 Å². The topological polar surface area (TPSA) is 51.6 Å². The highest BCUT2D eigenvalue weighted by Crippen LogP contribution is 2.39. The van der Waals surface area contributed by atoms with Gasteiger partial charge in [-0.05, 0) is 19.9 Å². The number of hydrogen-bond donors (Lipinski definition) is 0. The first-order chi connectivity index (χ1) is 9.00. The summed E-state index contributed by atoms with van der Waals surface area (Å²) >= 11 is 8.16. The maximum Gasteiger partial charge on any atom is 0.187 e. The third-order valence-corrected chi connectivity index (χ3v) is 4.77. The van der Waals surface area contributed by atoms with Crippen LogP contribution in [-0.2, 0) is 4.87 Å². The number of rotatable bonds is 4. The van der Waals surface area contributed by atoms with Gasteiger partial charge in [-0.3, -0.25) is 9.97 Å². The van der Waals surface area contributed by atoms with Gasteiger partial charge in [0, 0.05) is 23.8 Å². The average Bonchev–Trinajstić information content (AvgIpc) is 2.40. The van der Waals surface area contributed by atoms with Crippen molar-refractivity contribution < 1.29 is 0 Å². The molecule has 0 radical (unpaired) electrons. The molecule has 0 saturated carbocycles. The number of aromatic nitrogens is 4. The van der Waals surface area contributed by atoms with Gasteiger partial charge in [0.2, 0.25) is 0 Å². The minimum Gasteiger partial charge on any atom is -0.258 e. The number of thioether (sulfide) groups is 1. The van der Waals surface area contributed by atoms with Crippen LogP contribution in [0.4, 0.5) is 0 Å². The molecule has 100 valence electrons. The zero-order valence-corrected chi connectivity index (χ0v) is 12.6. The van der Waals surface area contributed by atoms with Crippen molar-refractivity contribution >= 4 is 23.4 Å². The van der Waals surface area contributed by atoms with Gasteiger partial charge in [-0.1, -0.05) is 18.7 Å². The summed E-state index contributed by atoms with van der Waals surface area (Å²) < 4.78 is 0. The predicted molar refractivity (Wildman–Crippen MR) is 77.3 cm³/mol. The Kier molecular flexibility index (Phi) is 4.37. The molecule has 19 heavy (non-hydrogen) atoms. The summed E-state index contributed by atoms with van der Waals surface area (Å²) in [5.41, 5.74) is 1.64. The van der Waals surface area contributed by atoms with Crippen molar-refractivity contribution in [2.75, 3.05) is 0 Å². The number of alkyl halides is 1. The molecule has 0 aliphatic carbocycles. The Balaban J connectivity index is 2.17. The van der Waals surface area contributed by atoms with Gasteiger partial charge in [0.15, 0.2) is 5.16 Å². The normalized spacial score (nSPS) is 15.8. The number of nitrogens with zero attached hydrogens (tertiary/aromatic N) is 4. The minimum atomic E-state index is -0.620. The summed E-state index contributed by atoms with van der Waals surface area (Å²) in [7, 11) is 0. The Bertz CT molecular complexity index is 530. The van der Waals surface area contributed by atoms with Crippen molar-refractivity contribution in [1.82, 2.24) is 19.9 Å². The summed E-state index contributed by atoms with van der Waals surface area (Å²) in [6, 6.07) is 1.79. The molecule has 6 heteroatoms. The second kappa shape index (κ2) is 5.84. The quantitative estimate of drug-likeness (QED) is 0.492. The molecule has 0 amide bonds. The van der Waals surface area contributed by atoms with Crippen LogP contribution in [0.2, 0.25) is 0 Å². The van der Waals surface area contributed by atoms with Crippen LogP contribution >= 0.6 is 23.4 Å². The van der Waals surface area contributed by atoms with Gasteiger partial charge in [-0.2, -0.15) is 0 Å². The van der Waals surface area contributed by atoms with Crippen LogP contribution in [0.5, 0.6) is 0 Å². The maximum atomic E-state index is 6.64. The predicted octanol–water partition coefficient (Wildman–Crippen LogP) is 3.21. The molecule has 0 N–H and O–H groups in total. The van der Waals surface area contributed by atoms with Crippen LogP contribution in [0.25, 0.3) is 0 Å². The molecule has 2 aromatic rings. The van der Waals surface area contributed by atoms with Gasteiger partial charge < -0.3 is 0 Å². The van der Waals surface area contributed by atoms with E-state index in [9.17, 15) is 0 Å². The summed E-state index contributed by atoms with van der Waals surface area (Å²) in [5, 5.41) is 0.774. The standard InChI is InChI=1S/C13H15ClN4S/c1-9-7-18-11(8-17-9)13(3,14)10(2)19-12-15-5-4-6-16-12/h4-8,10H,1-3H3/t10-,13+/m1/s1. The Morgan fingerprint density at radius 3 is 2.42 bits per heavy atom. The SMILES string of the molecule is Cc1cnc([C@@](C)(Cl)[C@@H](C)Sc2ncccn2)cn1. The molecule has 0 saturated heterocycles. The molecule has 0 aromatic carbocycles. The Morgan fingerprint density at radius 2 is 1.84 bits per heavy atom. The van der Waals surface area contributed by atoms with Gasteiger partial charge in [0.1, 0.15) is 0 Å². The minimum absolute atomic E-state index is 0.0635. The third kappa shape index (κ3) is 3.42. The lowest BCUT2D eigenvalue weighted by Crippen LogP contribution is -2.27. The molecule has 2 rings (SSSR count). The highest BCUT2D eigenvalue weighted by molar-refractivity contribution is 7.99. The van der Waals surface area contributed by atoms with Crippen LogP contribution in [0.15, 0.2) is 36.0 Å². The van der Waals surface area contributed by atoms with E-state index in [1.165, 1.54) is 11.8 Å². The number of halogens is 1. The second-order valence-electron chi connectivity index (χ2n) is 4.41. The third-order valence-electron chi connectivity index (χ3n) is 2.87. The van der Waals surface area contributed by atoms with Crippen LogP contribution in [-0.4, -0.2) is 25.2 Å². The van der Waals surface area contributed by atoms with E-state index < -0.39 is 4.87 Å². The first kappa shape index (κ1) is 14.2. The highest BCUT2D eigenvalue weighted by Gasteiger charge is 2.33. The largest absolute Gasteiger partial charge is 0.258 e. The molecule has 0 aliphatic heterocycles. The van der Waals surface area contributed by atoms with E-state index in [0.717, 1.165) is 11.4 Å². The summed E-state index contributed by atoms with van der Waals surface area (Å²) in [4.78, 5) is 16.4. The van der Waals surface area contributed by atoms with Crippen LogP contribution < -0.4 is 0 Å². The summed E-state index contributed by atoms with van der Waals surface area (Å²) in [6.45, 7) is 5.88. The van der Waals surface area contributed by atoms with Crippen molar-refractivity contribution in [3.63, 3.8) is 0 Å². The van der Waals surface area contributed by atoms with Crippen molar-refractivity contribution in [3.05, 3.63) is 42.2 Å². The molecule has 4 nitrogen and oxygen atoms in total. The molecular weight excluding hydrogens is 280 g/mol. The molecule has 2 atom stereocenters. The molecule has 2 aromatic heterocycles. The van der Waals surface area contributed by atoms with Gasteiger partial charge in [-0.25, -0.2) is 9.97 Å². The Morgan fingerprint density at radius 1 is 1.16 bits per heavy atom. The van der Waals surface area contributed by atoms with E-state index in [0.29, 0.717) is 5.16 Å². The number of aryl methyl sites for hydroxylation is 1. The van der Waals surface area contributed by atoms with Crippen LogP contribution in [0.3, 0.4) is 0 Å². The summed E-state index contributed by atoms with van der Waals surface area (Å²) in [5.74, 6) is 0. The Hall–Kier alpha value is -1.20. The number of hydrogen-bond acceptors (Lipinski definition) is 5. The van der Waals surface area contributed by atoms with Crippen LogP contribution in [0.1, 0.15) is 25.2 Å². The van der Waals surface area contributed by atoms with Crippen molar-refractivity contribution in [3.8, 4) is 0 Å². The molecule has 0 unspecified atom stereocenters.